The molecule has 122 valence electrons. The van der Waals surface area contributed by atoms with E-state index in [9.17, 15) is 9.18 Å². The van der Waals surface area contributed by atoms with Gasteiger partial charge in [0.2, 0.25) is 5.95 Å². The molecule has 5 nitrogen and oxygen atoms in total. The normalized spacial score (nSPS) is 15.1. The molecule has 0 bridgehead atoms. The second-order valence-corrected chi connectivity index (χ2v) is 6.08. The van der Waals surface area contributed by atoms with Gasteiger partial charge in [-0.3, -0.25) is 14.7 Å². The minimum absolute atomic E-state index is 0.0635. The Bertz CT molecular complexity index is 756. The molecule has 1 aliphatic rings. The predicted octanol–water partition coefficient (Wildman–Crippen LogP) is 1.58. The monoisotopic (exact) mass is 316 g/mol. The van der Waals surface area contributed by atoms with Crippen LogP contribution < -0.4 is 10.5 Å². The maximum Gasteiger partial charge on any atom is 0.255 e. The quantitative estimate of drug-likeness (QED) is 0.934. The summed E-state index contributed by atoms with van der Waals surface area (Å²) in [7, 11) is 3.71. The van der Waals surface area contributed by atoms with E-state index in [0.717, 1.165) is 24.3 Å². The summed E-state index contributed by atoms with van der Waals surface area (Å²) < 4.78 is 13.8. The molecule has 0 amide bonds. The van der Waals surface area contributed by atoms with E-state index in [-0.39, 0.29) is 11.4 Å². The fourth-order valence-corrected chi connectivity index (χ4v) is 2.88. The average Bonchev–Trinajstić information content (AvgIpc) is 2.72. The standard InChI is InChI=1S/C17H21FN4O/c1-21(2)17-19-15-8-10-22(9-7-13(15)16(23)20-17)11-12-5-3-4-6-14(12)18/h3-6H,7-11H2,1-2H3,(H,19,20,23). The molecule has 1 aromatic heterocycles. The Morgan fingerprint density at radius 1 is 1.26 bits per heavy atom. The van der Waals surface area contributed by atoms with E-state index in [1.165, 1.54) is 6.07 Å². The maximum atomic E-state index is 13.8. The van der Waals surface area contributed by atoms with Crippen molar-refractivity contribution in [2.24, 2.45) is 0 Å². The Kier molecular flexibility index (Phi) is 4.43. The third kappa shape index (κ3) is 3.42. The Labute approximate surface area is 134 Å². The molecule has 1 N–H and O–H groups in total. The smallest absolute Gasteiger partial charge is 0.255 e. The molecule has 23 heavy (non-hydrogen) atoms. The van der Waals surface area contributed by atoms with Crippen LogP contribution in [0.3, 0.4) is 0 Å². The van der Waals surface area contributed by atoms with Gasteiger partial charge in [0.05, 0.1) is 5.69 Å². The summed E-state index contributed by atoms with van der Waals surface area (Å²) in [6.45, 7) is 2.05. The molecule has 0 unspecified atom stereocenters. The summed E-state index contributed by atoms with van der Waals surface area (Å²) in [4.78, 5) is 23.6. The number of H-pyrrole nitrogens is 1. The summed E-state index contributed by atoms with van der Waals surface area (Å²) in [5.41, 5.74) is 2.24. The maximum absolute atomic E-state index is 13.8. The molecule has 0 fully saturated rings. The number of nitrogens with one attached hydrogen (secondary N) is 1. The average molecular weight is 316 g/mol. The molecule has 1 aromatic carbocycles. The molecule has 0 saturated carbocycles. The van der Waals surface area contributed by atoms with Crippen molar-refractivity contribution < 1.29 is 4.39 Å². The summed E-state index contributed by atoms with van der Waals surface area (Å²) >= 11 is 0. The molecule has 0 aliphatic carbocycles. The molecule has 0 radical (unpaired) electrons. The number of nitrogens with zero attached hydrogens (tertiary/aromatic N) is 3. The van der Waals surface area contributed by atoms with Crippen LogP contribution in [0.2, 0.25) is 0 Å². The van der Waals surface area contributed by atoms with Crippen LogP contribution in [-0.2, 0) is 19.4 Å². The van der Waals surface area contributed by atoms with Gasteiger partial charge in [-0.15, -0.1) is 0 Å². The van der Waals surface area contributed by atoms with E-state index in [1.54, 1.807) is 11.0 Å². The highest BCUT2D eigenvalue weighted by Gasteiger charge is 2.19. The second kappa shape index (κ2) is 6.50. The molecule has 6 heteroatoms. The fraction of sp³-hybridized carbons (Fsp3) is 0.412. The summed E-state index contributed by atoms with van der Waals surface area (Å²) in [5.74, 6) is 0.399. The first-order chi connectivity index (χ1) is 11.0. The molecule has 0 saturated heterocycles. The van der Waals surface area contributed by atoms with Crippen LogP contribution in [0.1, 0.15) is 16.8 Å². The van der Waals surface area contributed by atoms with Gasteiger partial charge in [0.1, 0.15) is 5.82 Å². The van der Waals surface area contributed by atoms with Crippen LogP contribution >= 0.6 is 0 Å². The fourth-order valence-electron chi connectivity index (χ4n) is 2.88. The Morgan fingerprint density at radius 3 is 2.74 bits per heavy atom. The van der Waals surface area contributed by atoms with Gasteiger partial charge in [-0.2, -0.15) is 0 Å². The lowest BCUT2D eigenvalue weighted by Crippen LogP contribution is -2.26. The zero-order valence-corrected chi connectivity index (χ0v) is 13.5. The number of hydrogen-bond acceptors (Lipinski definition) is 4. The van der Waals surface area contributed by atoms with Crippen molar-refractivity contribution in [2.45, 2.75) is 19.4 Å². The Hall–Kier alpha value is -2.21. The van der Waals surface area contributed by atoms with Crippen molar-refractivity contribution >= 4 is 5.95 Å². The van der Waals surface area contributed by atoms with Crippen molar-refractivity contribution in [1.29, 1.82) is 0 Å². The van der Waals surface area contributed by atoms with E-state index in [0.29, 0.717) is 30.9 Å². The van der Waals surface area contributed by atoms with Crippen LogP contribution in [0, 0.1) is 5.82 Å². The molecule has 0 atom stereocenters. The zero-order valence-electron chi connectivity index (χ0n) is 13.5. The molecule has 0 spiro atoms. The number of aromatic nitrogens is 2. The van der Waals surface area contributed by atoms with E-state index in [1.807, 2.05) is 26.2 Å². The molecule has 3 rings (SSSR count). The van der Waals surface area contributed by atoms with Crippen molar-refractivity contribution in [1.82, 2.24) is 14.9 Å². The number of aromatic amines is 1. The number of fused-ring (bicyclic) bond motifs is 1. The van der Waals surface area contributed by atoms with Crippen LogP contribution in [0.4, 0.5) is 10.3 Å². The minimum Gasteiger partial charge on any atom is -0.348 e. The van der Waals surface area contributed by atoms with Gasteiger partial charge in [0.15, 0.2) is 0 Å². The predicted molar refractivity (Wildman–Crippen MR) is 88.3 cm³/mol. The third-order valence-corrected chi connectivity index (χ3v) is 4.21. The van der Waals surface area contributed by atoms with Gasteiger partial charge < -0.3 is 4.90 Å². The number of benzene rings is 1. The molecule has 1 aliphatic heterocycles. The largest absolute Gasteiger partial charge is 0.348 e. The highest BCUT2D eigenvalue weighted by atomic mass is 19.1. The lowest BCUT2D eigenvalue weighted by atomic mass is 10.1. The Morgan fingerprint density at radius 2 is 2.00 bits per heavy atom. The Balaban J connectivity index is 1.79. The number of hydrogen-bond donors (Lipinski definition) is 1. The summed E-state index contributed by atoms with van der Waals surface area (Å²) in [6, 6.07) is 6.84. The van der Waals surface area contributed by atoms with Gasteiger partial charge in [-0.05, 0) is 12.5 Å². The highest BCUT2D eigenvalue weighted by Crippen LogP contribution is 2.16. The highest BCUT2D eigenvalue weighted by molar-refractivity contribution is 5.32. The minimum atomic E-state index is -0.180. The number of anilines is 1. The lowest BCUT2D eigenvalue weighted by Gasteiger charge is -2.19. The van der Waals surface area contributed by atoms with E-state index in [4.69, 9.17) is 0 Å². The zero-order chi connectivity index (χ0) is 16.4. The SMILES string of the molecule is CN(C)c1nc2c(c(=O)[nH]1)CCN(Cc1ccccc1F)CC2. The topological polar surface area (TPSA) is 52.2 Å². The van der Waals surface area contributed by atoms with Crippen molar-refractivity contribution in [3.8, 4) is 0 Å². The molecular weight excluding hydrogens is 295 g/mol. The molecule has 2 heterocycles. The van der Waals surface area contributed by atoms with Gasteiger partial charge in [0.25, 0.3) is 5.56 Å². The van der Waals surface area contributed by atoms with Crippen molar-refractivity contribution in [2.75, 3.05) is 32.1 Å². The van der Waals surface area contributed by atoms with Crippen LogP contribution in [0.5, 0.6) is 0 Å². The van der Waals surface area contributed by atoms with E-state index >= 15 is 0 Å². The summed E-state index contributed by atoms with van der Waals surface area (Å²) in [5, 5.41) is 0. The first-order valence-corrected chi connectivity index (χ1v) is 7.80. The summed E-state index contributed by atoms with van der Waals surface area (Å²) in [6.07, 6.45) is 1.34. The van der Waals surface area contributed by atoms with Gasteiger partial charge in [0, 0.05) is 51.3 Å². The van der Waals surface area contributed by atoms with Gasteiger partial charge in [-0.1, -0.05) is 18.2 Å². The molecule has 2 aromatic rings. The number of rotatable bonds is 3. The number of halogens is 1. The van der Waals surface area contributed by atoms with Crippen LogP contribution in [0.25, 0.3) is 0 Å². The van der Waals surface area contributed by atoms with Gasteiger partial charge >= 0.3 is 0 Å². The third-order valence-electron chi connectivity index (χ3n) is 4.21. The first kappa shape index (κ1) is 15.7. The van der Waals surface area contributed by atoms with E-state index in [2.05, 4.69) is 14.9 Å². The lowest BCUT2D eigenvalue weighted by molar-refractivity contribution is 0.274. The first-order valence-electron chi connectivity index (χ1n) is 7.80. The van der Waals surface area contributed by atoms with Crippen molar-refractivity contribution in [3.05, 3.63) is 57.3 Å². The van der Waals surface area contributed by atoms with E-state index < -0.39 is 0 Å². The molecular formula is C17H21FN4O. The van der Waals surface area contributed by atoms with Crippen LogP contribution in [-0.4, -0.2) is 42.1 Å². The van der Waals surface area contributed by atoms with Crippen LogP contribution in [0.15, 0.2) is 29.1 Å². The second-order valence-electron chi connectivity index (χ2n) is 6.08. The van der Waals surface area contributed by atoms with Crippen molar-refractivity contribution in [3.63, 3.8) is 0 Å². The van der Waals surface area contributed by atoms with Gasteiger partial charge in [-0.25, -0.2) is 9.37 Å².